The van der Waals surface area contributed by atoms with E-state index in [0.717, 1.165) is 31.2 Å². The molecule has 1 fully saturated rings. The van der Waals surface area contributed by atoms with Crippen LogP contribution in [0.5, 0.6) is 5.75 Å². The first-order valence-corrected chi connectivity index (χ1v) is 9.96. The van der Waals surface area contributed by atoms with Crippen LogP contribution in [-0.4, -0.2) is 59.7 Å². The maximum atomic E-state index is 12.4. The average molecular weight is 422 g/mol. The smallest absolute Gasteiger partial charge is 0.234 e. The van der Waals surface area contributed by atoms with Crippen molar-refractivity contribution in [3.05, 3.63) is 48.0 Å². The number of hydrogen-bond donors (Lipinski definition) is 2. The monoisotopic (exact) mass is 421 g/mol. The number of rotatable bonds is 8. The topological polar surface area (TPSA) is 71.4 Å². The molecule has 1 amide bonds. The van der Waals surface area contributed by atoms with Gasteiger partial charge in [-0.05, 0) is 23.6 Å². The van der Waals surface area contributed by atoms with Crippen LogP contribution in [0.2, 0.25) is 0 Å². The summed E-state index contributed by atoms with van der Waals surface area (Å²) in [5.74, 6) is 2.33. The highest BCUT2D eigenvalue weighted by atomic mass is 35.5. The van der Waals surface area contributed by atoms with Crippen LogP contribution < -0.4 is 15.4 Å². The predicted molar refractivity (Wildman–Crippen MR) is 117 cm³/mol. The largest absolute Gasteiger partial charge is 0.492 e. The fourth-order valence-electron chi connectivity index (χ4n) is 3.44. The normalized spacial score (nSPS) is 17.0. The number of imidazole rings is 1. The molecule has 0 aliphatic carbocycles. The van der Waals surface area contributed by atoms with Gasteiger partial charge in [-0.1, -0.05) is 26.0 Å². The molecule has 1 aliphatic rings. The van der Waals surface area contributed by atoms with Crippen molar-refractivity contribution >= 4 is 18.3 Å². The molecular weight excluding hydrogens is 390 g/mol. The molecule has 1 aromatic heterocycles. The minimum atomic E-state index is 0. The van der Waals surface area contributed by atoms with Crippen LogP contribution in [0.1, 0.15) is 37.2 Å². The van der Waals surface area contributed by atoms with Crippen molar-refractivity contribution in [3.8, 4) is 5.75 Å². The van der Waals surface area contributed by atoms with E-state index in [-0.39, 0.29) is 24.4 Å². The Hall–Kier alpha value is -2.09. The molecule has 29 heavy (non-hydrogen) atoms. The highest BCUT2D eigenvalue weighted by molar-refractivity contribution is 5.85. The van der Waals surface area contributed by atoms with Crippen molar-refractivity contribution in [2.45, 2.75) is 25.8 Å². The summed E-state index contributed by atoms with van der Waals surface area (Å²) in [6, 6.07) is 8.24. The zero-order valence-electron chi connectivity index (χ0n) is 17.4. The van der Waals surface area contributed by atoms with E-state index in [9.17, 15) is 4.79 Å². The Morgan fingerprint density at radius 2 is 2.10 bits per heavy atom. The lowest BCUT2D eigenvalue weighted by molar-refractivity contribution is -0.123. The molecule has 0 spiro atoms. The van der Waals surface area contributed by atoms with Crippen LogP contribution in [0.3, 0.4) is 0 Å². The lowest BCUT2D eigenvalue weighted by atomic mass is 10.0. The summed E-state index contributed by atoms with van der Waals surface area (Å²) in [7, 11) is 1.99. The molecule has 1 saturated heterocycles. The quantitative estimate of drug-likeness (QED) is 0.639. The number of nitrogens with zero attached hydrogens (tertiary/aromatic N) is 3. The van der Waals surface area contributed by atoms with Crippen LogP contribution in [0.25, 0.3) is 0 Å². The SMILES string of the molecule is CC(C)c1ccc(OCCNC(=O)CN2CCNCC2c2nccn2C)cc1.Cl. The Balaban J connectivity index is 0.00000300. The van der Waals surface area contributed by atoms with Crippen LogP contribution in [-0.2, 0) is 11.8 Å². The Bertz CT molecular complexity index is 763. The van der Waals surface area contributed by atoms with Crippen molar-refractivity contribution in [1.29, 1.82) is 0 Å². The van der Waals surface area contributed by atoms with Gasteiger partial charge >= 0.3 is 0 Å². The minimum absolute atomic E-state index is 0. The number of amides is 1. The van der Waals surface area contributed by atoms with Gasteiger partial charge < -0.3 is 19.9 Å². The maximum absolute atomic E-state index is 12.4. The molecule has 2 heterocycles. The molecule has 7 nitrogen and oxygen atoms in total. The molecule has 2 aromatic rings. The van der Waals surface area contributed by atoms with Gasteiger partial charge in [-0.15, -0.1) is 12.4 Å². The Labute approximate surface area is 179 Å². The van der Waals surface area contributed by atoms with Gasteiger partial charge in [-0.25, -0.2) is 4.98 Å². The fourth-order valence-corrected chi connectivity index (χ4v) is 3.44. The van der Waals surface area contributed by atoms with Gasteiger partial charge in [-0.3, -0.25) is 9.69 Å². The van der Waals surface area contributed by atoms with E-state index in [4.69, 9.17) is 4.74 Å². The number of benzene rings is 1. The number of hydrogen-bond acceptors (Lipinski definition) is 5. The number of nitrogens with one attached hydrogen (secondary N) is 2. The first kappa shape index (κ1) is 23.2. The summed E-state index contributed by atoms with van der Waals surface area (Å²) in [5.41, 5.74) is 1.29. The molecule has 8 heteroatoms. The average Bonchev–Trinajstić information content (AvgIpc) is 3.12. The highest BCUT2D eigenvalue weighted by Crippen LogP contribution is 2.20. The Morgan fingerprint density at radius 3 is 2.76 bits per heavy atom. The third-order valence-corrected chi connectivity index (χ3v) is 5.10. The molecular formula is C21H32ClN5O2. The lowest BCUT2D eigenvalue weighted by Gasteiger charge is -2.35. The van der Waals surface area contributed by atoms with E-state index in [2.05, 4.69) is 46.5 Å². The minimum Gasteiger partial charge on any atom is -0.492 e. The molecule has 160 valence electrons. The summed E-state index contributed by atoms with van der Waals surface area (Å²) in [4.78, 5) is 19.0. The summed E-state index contributed by atoms with van der Waals surface area (Å²) in [5, 5.41) is 6.35. The molecule has 0 bridgehead atoms. The molecule has 1 atom stereocenters. The van der Waals surface area contributed by atoms with E-state index in [1.807, 2.05) is 29.9 Å². The molecule has 1 aliphatic heterocycles. The number of halogens is 1. The van der Waals surface area contributed by atoms with Gasteiger partial charge in [0.1, 0.15) is 18.2 Å². The summed E-state index contributed by atoms with van der Waals surface area (Å²) in [6.45, 7) is 8.15. The van der Waals surface area contributed by atoms with Gasteiger partial charge in [0.05, 0.1) is 19.1 Å². The van der Waals surface area contributed by atoms with Crippen LogP contribution in [0, 0.1) is 0 Å². The van der Waals surface area contributed by atoms with E-state index >= 15 is 0 Å². The summed E-state index contributed by atoms with van der Waals surface area (Å²) >= 11 is 0. The van der Waals surface area contributed by atoms with Gasteiger partial charge in [-0.2, -0.15) is 0 Å². The van der Waals surface area contributed by atoms with Gasteiger partial charge in [0, 0.05) is 39.1 Å². The third-order valence-electron chi connectivity index (χ3n) is 5.10. The highest BCUT2D eigenvalue weighted by Gasteiger charge is 2.28. The second-order valence-corrected chi connectivity index (χ2v) is 7.51. The van der Waals surface area contributed by atoms with Crippen molar-refractivity contribution in [2.75, 3.05) is 39.3 Å². The second kappa shape index (κ2) is 11.2. The summed E-state index contributed by atoms with van der Waals surface area (Å²) < 4.78 is 7.74. The number of carbonyl (C=O) groups excluding carboxylic acids is 1. The van der Waals surface area contributed by atoms with Crippen LogP contribution in [0.4, 0.5) is 0 Å². The van der Waals surface area contributed by atoms with E-state index < -0.39 is 0 Å². The molecule has 1 unspecified atom stereocenters. The van der Waals surface area contributed by atoms with Gasteiger partial charge in [0.2, 0.25) is 5.91 Å². The lowest BCUT2D eigenvalue weighted by Crippen LogP contribution is -2.50. The van der Waals surface area contributed by atoms with E-state index in [1.54, 1.807) is 6.20 Å². The molecule has 0 saturated carbocycles. The number of piperazine rings is 1. The first-order chi connectivity index (χ1) is 13.5. The second-order valence-electron chi connectivity index (χ2n) is 7.51. The molecule has 1 aromatic carbocycles. The van der Waals surface area contributed by atoms with E-state index in [1.165, 1.54) is 5.56 Å². The fraction of sp³-hybridized carbons (Fsp3) is 0.524. The van der Waals surface area contributed by atoms with Crippen molar-refractivity contribution in [3.63, 3.8) is 0 Å². The Kier molecular flexibility index (Phi) is 8.95. The van der Waals surface area contributed by atoms with Crippen LogP contribution >= 0.6 is 12.4 Å². The van der Waals surface area contributed by atoms with Crippen molar-refractivity contribution in [2.24, 2.45) is 7.05 Å². The zero-order valence-corrected chi connectivity index (χ0v) is 18.2. The predicted octanol–water partition coefficient (Wildman–Crippen LogP) is 2.11. The van der Waals surface area contributed by atoms with E-state index in [0.29, 0.717) is 25.6 Å². The molecule has 2 N–H and O–H groups in total. The van der Waals surface area contributed by atoms with Gasteiger partial charge in [0.25, 0.3) is 0 Å². The first-order valence-electron chi connectivity index (χ1n) is 9.96. The molecule has 3 rings (SSSR count). The number of ether oxygens (including phenoxy) is 1. The zero-order chi connectivity index (χ0) is 19.9. The van der Waals surface area contributed by atoms with Crippen molar-refractivity contribution < 1.29 is 9.53 Å². The molecule has 0 radical (unpaired) electrons. The number of aryl methyl sites for hydroxylation is 1. The van der Waals surface area contributed by atoms with Crippen LogP contribution in [0.15, 0.2) is 36.7 Å². The third kappa shape index (κ3) is 6.45. The summed E-state index contributed by atoms with van der Waals surface area (Å²) in [6.07, 6.45) is 3.74. The maximum Gasteiger partial charge on any atom is 0.234 e. The van der Waals surface area contributed by atoms with Crippen molar-refractivity contribution in [1.82, 2.24) is 25.1 Å². The van der Waals surface area contributed by atoms with Gasteiger partial charge in [0.15, 0.2) is 0 Å². The number of carbonyl (C=O) groups is 1. The Morgan fingerprint density at radius 1 is 1.34 bits per heavy atom. The number of aromatic nitrogens is 2. The standard InChI is InChI=1S/C21H31N5O2.ClH/c1-16(2)17-4-6-18(7-5-17)28-13-10-23-20(27)15-26-12-8-22-14-19(26)21-24-9-11-25(21)3;/h4-7,9,11,16,19,22H,8,10,12-15H2,1-3H3,(H,23,27);1H.